The predicted molar refractivity (Wildman–Crippen MR) is 114 cm³/mol. The fourth-order valence-corrected chi connectivity index (χ4v) is 7.25. The molecule has 1 aliphatic heterocycles. The van der Waals surface area contributed by atoms with E-state index in [-0.39, 0.29) is 16.8 Å². The van der Waals surface area contributed by atoms with Gasteiger partial charge in [-0.2, -0.15) is 0 Å². The lowest BCUT2D eigenvalue weighted by Crippen LogP contribution is -2.68. The number of nitrogens with zero attached hydrogens (tertiary/aromatic N) is 1. The van der Waals surface area contributed by atoms with Gasteiger partial charge in [-0.05, 0) is 61.4 Å². The van der Waals surface area contributed by atoms with Crippen LogP contribution in [0, 0.1) is 24.1 Å². The average Bonchev–Trinajstić information content (AvgIpc) is 2.72. The Balaban J connectivity index is 0.000000523. The Bertz CT molecular complexity index is 1100. The number of carbonyl (C=O) groups excluding carboxylic acids is 1. The third-order valence-electron chi connectivity index (χ3n) is 4.99. The Morgan fingerprint density at radius 3 is 1.75 bits per heavy atom. The number of amides is 1. The molecule has 4 rings (SSSR count). The first-order valence-corrected chi connectivity index (χ1v) is 12.8. The van der Waals surface area contributed by atoms with E-state index in [4.69, 9.17) is 18.6 Å². The zero-order chi connectivity index (χ0) is 23.6. The van der Waals surface area contributed by atoms with E-state index >= 15 is 0 Å². The summed E-state index contributed by atoms with van der Waals surface area (Å²) in [5.41, 5.74) is 3.47. The summed E-state index contributed by atoms with van der Waals surface area (Å²) in [6.07, 6.45) is 0. The van der Waals surface area contributed by atoms with Gasteiger partial charge < -0.3 is 4.90 Å². The van der Waals surface area contributed by atoms with Crippen molar-refractivity contribution in [3.05, 3.63) is 71.8 Å². The minimum absolute atomic E-state index is 0.0519. The molecule has 168 valence electrons. The smallest absolute Gasteiger partial charge is 0.223 e. The summed E-state index contributed by atoms with van der Waals surface area (Å²) in [6, 6.07) is 21.7. The topological polar surface area (TPSA) is 113 Å². The van der Waals surface area contributed by atoms with Crippen molar-refractivity contribution < 1.29 is 33.7 Å². The van der Waals surface area contributed by atoms with Gasteiger partial charge in [-0.3, -0.25) is 4.79 Å². The Labute approximate surface area is 196 Å². The second-order valence-corrected chi connectivity index (χ2v) is 10.9. The van der Waals surface area contributed by atoms with E-state index in [9.17, 15) is 4.79 Å². The van der Waals surface area contributed by atoms with Crippen molar-refractivity contribution in [2.45, 2.75) is 45.2 Å². The molecule has 9 heteroatoms. The number of aryl methyl sites for hydroxylation is 2. The van der Waals surface area contributed by atoms with E-state index in [2.05, 4.69) is 74.5 Å². The fraction of sp³-hybridized carbons (Fsp3) is 0.174. The molecular weight excluding hydrogens is 470 g/mol. The number of benzene rings is 3. The Morgan fingerprint density at radius 2 is 1.28 bits per heavy atom. The van der Waals surface area contributed by atoms with Crippen LogP contribution in [0.2, 0.25) is 0 Å². The van der Waals surface area contributed by atoms with Crippen LogP contribution in [0.3, 0.4) is 0 Å². The number of anilines is 1. The molecule has 3 aromatic rings. The molecule has 1 heterocycles. The Kier molecular flexibility index (Phi) is 7.57. The standard InChI is InChI=1S/C23H22NOS2.ClHO4/c1-15-13-18(24(4)17(3)25)23(14-16(15)2)27-21-11-7-5-9-19(21)26-20-10-6-8-12-22(20)27;2-1(3,4)5/h5-14H,1-4H3;(H,2,3,4,5)/q+1;/p-1. The zero-order valence-electron chi connectivity index (χ0n) is 18.0. The summed E-state index contributed by atoms with van der Waals surface area (Å²) in [5, 5.41) is 0. The van der Waals surface area contributed by atoms with Crippen LogP contribution in [0.25, 0.3) is 0 Å². The van der Waals surface area contributed by atoms with E-state index in [1.807, 2.05) is 18.8 Å². The molecule has 1 amide bonds. The normalized spacial score (nSPS) is 12.9. The van der Waals surface area contributed by atoms with Gasteiger partial charge in [0.2, 0.25) is 5.91 Å². The van der Waals surface area contributed by atoms with Crippen molar-refractivity contribution in [3.8, 4) is 0 Å². The van der Waals surface area contributed by atoms with Gasteiger partial charge in [0.15, 0.2) is 14.7 Å². The van der Waals surface area contributed by atoms with Gasteiger partial charge >= 0.3 is 0 Å². The summed E-state index contributed by atoms with van der Waals surface area (Å²) >= 11 is 1.84. The minimum atomic E-state index is -4.94. The van der Waals surface area contributed by atoms with Crippen LogP contribution in [0.5, 0.6) is 0 Å². The lowest BCUT2D eigenvalue weighted by molar-refractivity contribution is -2.00. The van der Waals surface area contributed by atoms with Gasteiger partial charge in [0.1, 0.15) is 16.6 Å². The first kappa shape index (κ1) is 24.6. The average molecular weight is 492 g/mol. The van der Waals surface area contributed by atoms with Crippen molar-refractivity contribution in [2.24, 2.45) is 0 Å². The molecular formula is C23H22ClNO5S2. The molecule has 0 bridgehead atoms. The van der Waals surface area contributed by atoms with Crippen LogP contribution in [0.4, 0.5) is 5.69 Å². The summed E-state index contributed by atoms with van der Waals surface area (Å²) in [4.78, 5) is 20.5. The lowest BCUT2D eigenvalue weighted by atomic mass is 10.1. The maximum Gasteiger partial charge on any atom is 0.223 e. The minimum Gasteiger partial charge on any atom is -0.311 e. The molecule has 0 saturated carbocycles. The van der Waals surface area contributed by atoms with Crippen molar-refractivity contribution in [1.82, 2.24) is 0 Å². The molecule has 32 heavy (non-hydrogen) atoms. The summed E-state index contributed by atoms with van der Waals surface area (Å²) in [6.45, 7) is 5.88. The van der Waals surface area contributed by atoms with Gasteiger partial charge in [-0.15, -0.1) is 10.2 Å². The number of fused-ring (bicyclic) bond motifs is 2. The van der Waals surface area contributed by atoms with Crippen LogP contribution in [0.1, 0.15) is 18.1 Å². The molecule has 1 aliphatic rings. The molecule has 3 aromatic carbocycles. The Hall–Kier alpha value is -2.04. The van der Waals surface area contributed by atoms with Crippen molar-refractivity contribution >= 4 is 34.3 Å². The zero-order valence-corrected chi connectivity index (χ0v) is 20.3. The molecule has 6 nitrogen and oxygen atoms in total. The molecule has 0 N–H and O–H groups in total. The molecule has 0 atom stereocenters. The fourth-order valence-electron chi connectivity index (χ4n) is 3.25. The highest BCUT2D eigenvalue weighted by atomic mass is 35.7. The molecule has 0 radical (unpaired) electrons. The second-order valence-electron chi connectivity index (χ2n) is 7.16. The van der Waals surface area contributed by atoms with Gasteiger partial charge in [0.05, 0.1) is 9.79 Å². The van der Waals surface area contributed by atoms with Crippen LogP contribution < -0.4 is 23.5 Å². The third kappa shape index (κ3) is 5.65. The van der Waals surface area contributed by atoms with E-state index < -0.39 is 10.2 Å². The second kappa shape index (κ2) is 9.84. The maximum atomic E-state index is 12.2. The van der Waals surface area contributed by atoms with Gasteiger partial charge in [0, 0.05) is 14.0 Å². The number of halogens is 1. The summed E-state index contributed by atoms with van der Waals surface area (Å²) in [5.74, 6) is 0.0519. The molecule has 0 fully saturated rings. The number of hydrogen-bond donors (Lipinski definition) is 0. The number of carbonyl (C=O) groups is 1. The first-order chi connectivity index (χ1) is 15.0. The quantitative estimate of drug-likeness (QED) is 0.388. The van der Waals surface area contributed by atoms with Crippen molar-refractivity contribution in [3.63, 3.8) is 0 Å². The monoisotopic (exact) mass is 491 g/mol. The number of hydrogen-bond acceptors (Lipinski definition) is 6. The number of rotatable bonds is 2. The first-order valence-electron chi connectivity index (χ1n) is 9.55. The molecule has 0 spiro atoms. The van der Waals surface area contributed by atoms with Gasteiger partial charge in [-0.25, -0.2) is 18.6 Å². The van der Waals surface area contributed by atoms with Crippen LogP contribution in [0.15, 0.2) is 85.1 Å². The maximum absolute atomic E-state index is 12.2. The molecule has 0 saturated heterocycles. The van der Waals surface area contributed by atoms with Crippen LogP contribution in [-0.4, -0.2) is 13.0 Å². The molecule has 0 aliphatic carbocycles. The SMILES string of the molecule is CC(=O)N(C)c1cc(C)c(C)cc1[S+]1c2ccccc2Sc2ccccc21.[O-][Cl+3]([O-])([O-])[O-]. The highest BCUT2D eigenvalue weighted by molar-refractivity contribution is 8.04. The predicted octanol–water partition coefficient (Wildman–Crippen LogP) is 1.09. The van der Waals surface area contributed by atoms with E-state index in [1.54, 1.807) is 11.8 Å². The highest BCUT2D eigenvalue weighted by Crippen LogP contribution is 2.50. The summed E-state index contributed by atoms with van der Waals surface area (Å²) < 4.78 is 34.0. The molecule has 0 unspecified atom stereocenters. The van der Waals surface area contributed by atoms with E-state index in [0.29, 0.717) is 0 Å². The Morgan fingerprint density at radius 1 is 0.844 bits per heavy atom. The van der Waals surface area contributed by atoms with Crippen LogP contribution >= 0.6 is 11.8 Å². The highest BCUT2D eigenvalue weighted by Gasteiger charge is 2.40. The van der Waals surface area contributed by atoms with E-state index in [1.165, 1.54) is 35.6 Å². The third-order valence-corrected chi connectivity index (χ3v) is 8.76. The van der Waals surface area contributed by atoms with Crippen LogP contribution in [-0.2, 0) is 15.7 Å². The van der Waals surface area contributed by atoms with Gasteiger partial charge in [-0.1, -0.05) is 36.0 Å². The lowest BCUT2D eigenvalue weighted by Gasteiger charge is -2.24. The summed E-state index contributed by atoms with van der Waals surface area (Å²) in [7, 11) is -3.31. The van der Waals surface area contributed by atoms with E-state index in [0.717, 1.165) is 5.69 Å². The largest absolute Gasteiger partial charge is 0.311 e. The van der Waals surface area contributed by atoms with Crippen molar-refractivity contribution in [1.29, 1.82) is 0 Å². The molecule has 0 aromatic heterocycles. The van der Waals surface area contributed by atoms with Crippen molar-refractivity contribution in [2.75, 3.05) is 11.9 Å². The van der Waals surface area contributed by atoms with Gasteiger partial charge in [0.25, 0.3) is 0 Å².